The fourth-order valence-electron chi connectivity index (χ4n) is 2.47. The van der Waals surface area contributed by atoms with E-state index in [0.29, 0.717) is 23.0 Å². The van der Waals surface area contributed by atoms with Gasteiger partial charge in [0.05, 0.1) is 5.56 Å². The first-order valence-electron chi connectivity index (χ1n) is 8.39. The van der Waals surface area contributed by atoms with E-state index in [1.807, 2.05) is 19.1 Å². The topological polar surface area (TPSA) is 66.9 Å². The highest BCUT2D eigenvalue weighted by molar-refractivity contribution is 6.03. The molecule has 1 heterocycles. The maximum absolute atomic E-state index is 12.7. The van der Waals surface area contributed by atoms with Crippen molar-refractivity contribution in [3.05, 3.63) is 77.2 Å². The average molecular weight is 386 g/mol. The van der Waals surface area contributed by atoms with Crippen LogP contribution in [0.5, 0.6) is 0 Å². The van der Waals surface area contributed by atoms with Crippen LogP contribution in [0.4, 0.5) is 30.4 Å². The van der Waals surface area contributed by atoms with E-state index >= 15 is 0 Å². The summed E-state index contributed by atoms with van der Waals surface area (Å²) >= 11 is 0. The van der Waals surface area contributed by atoms with Gasteiger partial charge >= 0.3 is 6.18 Å². The Morgan fingerprint density at radius 3 is 2.11 bits per heavy atom. The van der Waals surface area contributed by atoms with Crippen molar-refractivity contribution in [2.75, 3.05) is 10.6 Å². The van der Waals surface area contributed by atoms with Gasteiger partial charge in [0.2, 0.25) is 0 Å². The molecule has 2 N–H and O–H groups in total. The predicted molar refractivity (Wildman–Crippen MR) is 101 cm³/mol. The Morgan fingerprint density at radius 2 is 1.50 bits per heavy atom. The second kappa shape index (κ2) is 7.67. The van der Waals surface area contributed by atoms with Crippen molar-refractivity contribution in [2.24, 2.45) is 0 Å². The molecule has 0 bridgehead atoms. The van der Waals surface area contributed by atoms with Crippen LogP contribution in [0.25, 0.3) is 0 Å². The highest BCUT2D eigenvalue weighted by atomic mass is 19.4. The van der Waals surface area contributed by atoms with Gasteiger partial charge in [0.1, 0.15) is 17.3 Å². The fourth-order valence-corrected chi connectivity index (χ4v) is 2.47. The summed E-state index contributed by atoms with van der Waals surface area (Å²) in [5.41, 5.74) is 1.51. The minimum atomic E-state index is -4.40. The van der Waals surface area contributed by atoms with E-state index in [-0.39, 0.29) is 5.69 Å². The van der Waals surface area contributed by atoms with E-state index in [2.05, 4.69) is 20.6 Å². The first kappa shape index (κ1) is 19.3. The van der Waals surface area contributed by atoms with Gasteiger partial charge in [-0.05, 0) is 50.2 Å². The molecule has 8 heteroatoms. The smallest absolute Gasteiger partial charge is 0.340 e. The first-order valence-corrected chi connectivity index (χ1v) is 8.39. The number of halogens is 3. The molecule has 3 rings (SSSR count). The molecule has 0 spiro atoms. The van der Waals surface area contributed by atoms with Gasteiger partial charge in [0.15, 0.2) is 0 Å². The zero-order valence-electron chi connectivity index (χ0n) is 15.1. The van der Waals surface area contributed by atoms with Crippen molar-refractivity contribution < 1.29 is 18.0 Å². The zero-order chi connectivity index (χ0) is 20.3. The van der Waals surface area contributed by atoms with Crippen molar-refractivity contribution >= 4 is 23.1 Å². The van der Waals surface area contributed by atoms with Gasteiger partial charge in [-0.1, -0.05) is 17.7 Å². The summed E-state index contributed by atoms with van der Waals surface area (Å²) in [5.74, 6) is 0.247. The van der Waals surface area contributed by atoms with Gasteiger partial charge < -0.3 is 10.6 Å². The van der Waals surface area contributed by atoms with Crippen LogP contribution in [0.15, 0.2) is 54.6 Å². The van der Waals surface area contributed by atoms with Crippen LogP contribution < -0.4 is 10.6 Å². The number of benzene rings is 2. The number of anilines is 3. The molecular formula is C20H17F3N4O. The van der Waals surface area contributed by atoms with Gasteiger partial charge in [0.25, 0.3) is 5.91 Å². The number of aryl methyl sites for hydroxylation is 2. The predicted octanol–water partition coefficient (Wildman–Crippen LogP) is 5.11. The quantitative estimate of drug-likeness (QED) is 0.654. The number of hydrogen-bond donors (Lipinski definition) is 2. The molecule has 0 saturated heterocycles. The standard InChI is InChI=1S/C20H17F3N4O/c1-12-3-7-16(8-4-12)27-19(28)17-11-18(25-13(2)24-17)26-15-9-5-14(6-10-15)20(21,22)23/h3-11H,1-2H3,(H,27,28)(H,24,25,26). The lowest BCUT2D eigenvalue weighted by Gasteiger charge is -2.11. The number of nitrogens with zero attached hydrogens (tertiary/aromatic N) is 2. The second-order valence-electron chi connectivity index (χ2n) is 6.21. The molecule has 1 amide bonds. The zero-order valence-corrected chi connectivity index (χ0v) is 15.1. The second-order valence-corrected chi connectivity index (χ2v) is 6.21. The van der Waals surface area contributed by atoms with Gasteiger partial charge in [-0.2, -0.15) is 13.2 Å². The molecule has 0 atom stereocenters. The minimum Gasteiger partial charge on any atom is -0.340 e. The van der Waals surface area contributed by atoms with Gasteiger partial charge in [0, 0.05) is 17.4 Å². The van der Waals surface area contributed by atoms with Crippen LogP contribution in [-0.4, -0.2) is 15.9 Å². The summed E-state index contributed by atoms with van der Waals surface area (Å²) < 4.78 is 38.0. The Balaban J connectivity index is 1.77. The van der Waals surface area contributed by atoms with E-state index in [1.54, 1.807) is 19.1 Å². The van der Waals surface area contributed by atoms with Gasteiger partial charge in [-0.25, -0.2) is 9.97 Å². The van der Waals surface area contributed by atoms with Crippen molar-refractivity contribution in [2.45, 2.75) is 20.0 Å². The SMILES string of the molecule is Cc1ccc(NC(=O)c2cc(Nc3ccc(C(F)(F)F)cc3)nc(C)n2)cc1. The van der Waals surface area contributed by atoms with Crippen molar-refractivity contribution in [3.8, 4) is 0 Å². The summed E-state index contributed by atoms with van der Waals surface area (Å²) in [5, 5.41) is 5.64. The fraction of sp³-hybridized carbons (Fsp3) is 0.150. The molecule has 0 aliphatic carbocycles. The van der Waals surface area contributed by atoms with Crippen molar-refractivity contribution in [1.82, 2.24) is 9.97 Å². The third-order valence-corrected chi connectivity index (χ3v) is 3.86. The molecule has 2 aromatic carbocycles. The van der Waals surface area contributed by atoms with Crippen LogP contribution in [-0.2, 0) is 6.18 Å². The molecule has 0 aliphatic heterocycles. The Labute approximate surface area is 159 Å². The Morgan fingerprint density at radius 1 is 0.893 bits per heavy atom. The van der Waals surface area contributed by atoms with Crippen molar-refractivity contribution in [3.63, 3.8) is 0 Å². The molecule has 1 aromatic heterocycles. The monoisotopic (exact) mass is 386 g/mol. The lowest BCUT2D eigenvalue weighted by atomic mass is 10.2. The highest BCUT2D eigenvalue weighted by Crippen LogP contribution is 2.30. The number of carbonyl (C=O) groups excluding carboxylic acids is 1. The lowest BCUT2D eigenvalue weighted by Crippen LogP contribution is -2.15. The molecule has 28 heavy (non-hydrogen) atoms. The number of carbonyl (C=O) groups is 1. The van der Waals surface area contributed by atoms with Crippen LogP contribution >= 0.6 is 0 Å². The van der Waals surface area contributed by atoms with Crippen molar-refractivity contribution in [1.29, 1.82) is 0 Å². The van der Waals surface area contributed by atoms with E-state index in [4.69, 9.17) is 0 Å². The maximum Gasteiger partial charge on any atom is 0.416 e. The van der Waals surface area contributed by atoms with Gasteiger partial charge in [-0.15, -0.1) is 0 Å². The number of aromatic nitrogens is 2. The minimum absolute atomic E-state index is 0.141. The summed E-state index contributed by atoms with van der Waals surface area (Å²) in [6.07, 6.45) is -4.40. The molecule has 0 aliphatic rings. The van der Waals surface area contributed by atoms with E-state index in [0.717, 1.165) is 17.7 Å². The number of rotatable bonds is 4. The first-order chi connectivity index (χ1) is 13.2. The van der Waals surface area contributed by atoms with Crippen LogP contribution in [0, 0.1) is 13.8 Å². The number of nitrogens with one attached hydrogen (secondary N) is 2. The average Bonchev–Trinajstić information content (AvgIpc) is 2.63. The normalized spacial score (nSPS) is 11.2. The summed E-state index contributed by atoms with van der Waals surface area (Å²) in [6.45, 7) is 3.57. The molecule has 0 unspecified atom stereocenters. The largest absolute Gasteiger partial charge is 0.416 e. The Kier molecular flexibility index (Phi) is 5.30. The number of amides is 1. The highest BCUT2D eigenvalue weighted by Gasteiger charge is 2.29. The molecule has 3 aromatic rings. The molecular weight excluding hydrogens is 369 g/mol. The molecule has 0 saturated carbocycles. The van der Waals surface area contributed by atoms with E-state index in [9.17, 15) is 18.0 Å². The summed E-state index contributed by atoms with van der Waals surface area (Å²) in [4.78, 5) is 20.8. The lowest BCUT2D eigenvalue weighted by molar-refractivity contribution is -0.137. The summed E-state index contributed by atoms with van der Waals surface area (Å²) in [6, 6.07) is 13.3. The molecule has 0 fully saturated rings. The van der Waals surface area contributed by atoms with Crippen LogP contribution in [0.3, 0.4) is 0 Å². The van der Waals surface area contributed by atoms with Gasteiger partial charge in [-0.3, -0.25) is 4.79 Å². The molecule has 144 valence electrons. The molecule has 5 nitrogen and oxygen atoms in total. The summed E-state index contributed by atoms with van der Waals surface area (Å²) in [7, 11) is 0. The third kappa shape index (κ3) is 4.85. The number of alkyl halides is 3. The molecule has 0 radical (unpaired) electrons. The Hall–Kier alpha value is -3.42. The van der Waals surface area contributed by atoms with E-state index < -0.39 is 17.6 Å². The van der Waals surface area contributed by atoms with Crippen LogP contribution in [0.2, 0.25) is 0 Å². The Bertz CT molecular complexity index is 984. The number of hydrogen-bond acceptors (Lipinski definition) is 4. The maximum atomic E-state index is 12.7. The van der Waals surface area contributed by atoms with Crippen LogP contribution in [0.1, 0.15) is 27.4 Å². The van der Waals surface area contributed by atoms with E-state index in [1.165, 1.54) is 18.2 Å². The third-order valence-electron chi connectivity index (χ3n) is 3.86.